The highest BCUT2D eigenvalue weighted by atomic mass is 35.5. The fourth-order valence-corrected chi connectivity index (χ4v) is 2.24. The monoisotopic (exact) mass is 243 g/mol. The molecule has 2 aromatic carbocycles. The SMILES string of the molecule is Cc1cc(Cl)cc2c(-c3ccccc3)onc12. The van der Waals surface area contributed by atoms with Crippen molar-refractivity contribution >= 4 is 22.5 Å². The van der Waals surface area contributed by atoms with E-state index >= 15 is 0 Å². The summed E-state index contributed by atoms with van der Waals surface area (Å²) in [6.45, 7) is 1.98. The van der Waals surface area contributed by atoms with E-state index in [1.54, 1.807) is 0 Å². The Morgan fingerprint density at radius 2 is 1.88 bits per heavy atom. The van der Waals surface area contributed by atoms with E-state index in [1.165, 1.54) is 0 Å². The Kier molecular flexibility index (Phi) is 2.37. The minimum atomic E-state index is 0.704. The summed E-state index contributed by atoms with van der Waals surface area (Å²) in [6, 6.07) is 13.7. The summed E-state index contributed by atoms with van der Waals surface area (Å²) in [5, 5.41) is 5.77. The molecule has 0 saturated heterocycles. The number of aromatic nitrogens is 1. The molecule has 3 rings (SSSR count). The van der Waals surface area contributed by atoms with Crippen LogP contribution in [-0.4, -0.2) is 5.16 Å². The van der Waals surface area contributed by atoms with E-state index < -0.39 is 0 Å². The van der Waals surface area contributed by atoms with E-state index in [-0.39, 0.29) is 0 Å². The van der Waals surface area contributed by atoms with E-state index in [2.05, 4.69) is 5.16 Å². The molecule has 0 N–H and O–H groups in total. The highest BCUT2D eigenvalue weighted by molar-refractivity contribution is 6.31. The molecule has 0 aliphatic carbocycles. The third-order valence-electron chi connectivity index (χ3n) is 2.77. The summed E-state index contributed by atoms with van der Waals surface area (Å²) < 4.78 is 5.43. The van der Waals surface area contributed by atoms with Crippen LogP contribution < -0.4 is 0 Å². The van der Waals surface area contributed by atoms with Crippen molar-refractivity contribution in [1.29, 1.82) is 0 Å². The van der Waals surface area contributed by atoms with Crippen LogP contribution in [0.5, 0.6) is 0 Å². The average molecular weight is 244 g/mol. The van der Waals surface area contributed by atoms with Gasteiger partial charge in [-0.1, -0.05) is 47.1 Å². The Hall–Kier alpha value is -1.80. The molecule has 84 valence electrons. The Balaban J connectivity index is 2.32. The maximum absolute atomic E-state index is 6.07. The van der Waals surface area contributed by atoms with Crippen molar-refractivity contribution in [2.24, 2.45) is 0 Å². The summed E-state index contributed by atoms with van der Waals surface area (Å²) in [6.07, 6.45) is 0. The zero-order chi connectivity index (χ0) is 11.8. The zero-order valence-electron chi connectivity index (χ0n) is 9.27. The Morgan fingerprint density at radius 3 is 2.65 bits per heavy atom. The third-order valence-corrected chi connectivity index (χ3v) is 2.99. The third kappa shape index (κ3) is 1.71. The van der Waals surface area contributed by atoms with Crippen molar-refractivity contribution in [3.05, 3.63) is 53.1 Å². The molecule has 0 fully saturated rings. The molecule has 3 heteroatoms. The van der Waals surface area contributed by atoms with Gasteiger partial charge in [-0.3, -0.25) is 0 Å². The molecule has 2 nitrogen and oxygen atoms in total. The number of aryl methyl sites for hydroxylation is 1. The quantitative estimate of drug-likeness (QED) is 0.631. The number of nitrogens with zero attached hydrogens (tertiary/aromatic N) is 1. The molecule has 0 atom stereocenters. The van der Waals surface area contributed by atoms with Gasteiger partial charge < -0.3 is 4.52 Å². The van der Waals surface area contributed by atoms with E-state index in [1.807, 2.05) is 49.4 Å². The molecule has 0 saturated carbocycles. The molecule has 0 aliphatic heterocycles. The van der Waals surface area contributed by atoms with Gasteiger partial charge in [0.15, 0.2) is 5.76 Å². The van der Waals surface area contributed by atoms with Crippen molar-refractivity contribution in [2.75, 3.05) is 0 Å². The van der Waals surface area contributed by atoms with Gasteiger partial charge in [0.05, 0.1) is 5.39 Å². The Morgan fingerprint density at radius 1 is 1.12 bits per heavy atom. The van der Waals surface area contributed by atoms with Crippen molar-refractivity contribution in [3.8, 4) is 11.3 Å². The maximum atomic E-state index is 6.07. The zero-order valence-corrected chi connectivity index (χ0v) is 10.0. The molecule has 3 aromatic rings. The lowest BCUT2D eigenvalue weighted by Crippen LogP contribution is -1.78. The summed E-state index contributed by atoms with van der Waals surface area (Å²) in [7, 11) is 0. The van der Waals surface area contributed by atoms with Gasteiger partial charge in [0.1, 0.15) is 5.52 Å². The molecule has 0 unspecified atom stereocenters. The van der Waals surface area contributed by atoms with Gasteiger partial charge in [0, 0.05) is 10.6 Å². The topological polar surface area (TPSA) is 26.0 Å². The van der Waals surface area contributed by atoms with Gasteiger partial charge in [-0.25, -0.2) is 0 Å². The van der Waals surface area contributed by atoms with Crippen molar-refractivity contribution < 1.29 is 4.52 Å². The van der Waals surface area contributed by atoms with Crippen LogP contribution in [0.3, 0.4) is 0 Å². The minimum Gasteiger partial charge on any atom is -0.355 e. The molecule has 0 aliphatic rings. The number of hydrogen-bond donors (Lipinski definition) is 0. The summed E-state index contributed by atoms with van der Waals surface area (Å²) in [5.74, 6) is 0.770. The molecule has 0 bridgehead atoms. The predicted molar refractivity (Wildman–Crippen MR) is 69.2 cm³/mol. The number of halogens is 1. The Bertz CT molecular complexity index is 673. The second kappa shape index (κ2) is 3.90. The Labute approximate surface area is 104 Å². The van der Waals surface area contributed by atoms with E-state index in [0.29, 0.717) is 5.02 Å². The van der Waals surface area contributed by atoms with Gasteiger partial charge in [0.2, 0.25) is 0 Å². The normalized spacial score (nSPS) is 10.9. The number of hydrogen-bond acceptors (Lipinski definition) is 2. The fraction of sp³-hybridized carbons (Fsp3) is 0.0714. The number of fused-ring (bicyclic) bond motifs is 1. The molecule has 1 heterocycles. The van der Waals surface area contributed by atoms with Gasteiger partial charge >= 0.3 is 0 Å². The summed E-state index contributed by atoms with van der Waals surface area (Å²) in [5.41, 5.74) is 2.91. The molecular formula is C14H10ClNO. The maximum Gasteiger partial charge on any atom is 0.174 e. The highest BCUT2D eigenvalue weighted by Gasteiger charge is 2.12. The molecule has 0 spiro atoms. The fourth-order valence-electron chi connectivity index (χ4n) is 1.97. The standard InChI is InChI=1S/C14H10ClNO/c1-9-7-11(15)8-12-13(9)16-17-14(12)10-5-3-2-4-6-10/h2-8H,1H3. The highest BCUT2D eigenvalue weighted by Crippen LogP contribution is 2.32. The van der Waals surface area contributed by atoms with Crippen LogP contribution in [-0.2, 0) is 0 Å². The van der Waals surface area contributed by atoms with E-state index in [4.69, 9.17) is 16.1 Å². The second-order valence-corrected chi connectivity index (χ2v) is 4.43. The second-order valence-electron chi connectivity index (χ2n) is 4.00. The first-order valence-electron chi connectivity index (χ1n) is 5.36. The van der Waals surface area contributed by atoms with Crippen molar-refractivity contribution in [2.45, 2.75) is 6.92 Å². The van der Waals surface area contributed by atoms with Gasteiger partial charge in [0.25, 0.3) is 0 Å². The molecule has 0 radical (unpaired) electrons. The first-order valence-corrected chi connectivity index (χ1v) is 5.74. The minimum absolute atomic E-state index is 0.704. The van der Waals surface area contributed by atoms with E-state index in [9.17, 15) is 0 Å². The predicted octanol–water partition coefficient (Wildman–Crippen LogP) is 4.46. The number of rotatable bonds is 1. The van der Waals surface area contributed by atoms with Crippen LogP contribution in [0.4, 0.5) is 0 Å². The van der Waals surface area contributed by atoms with Crippen LogP contribution in [0.1, 0.15) is 5.56 Å². The van der Waals surface area contributed by atoms with Crippen LogP contribution in [0.2, 0.25) is 5.02 Å². The largest absolute Gasteiger partial charge is 0.355 e. The van der Waals surface area contributed by atoms with Crippen molar-refractivity contribution in [3.63, 3.8) is 0 Å². The lowest BCUT2D eigenvalue weighted by Gasteiger charge is -1.98. The molecule has 0 amide bonds. The van der Waals surface area contributed by atoms with Crippen LogP contribution in [0, 0.1) is 6.92 Å². The van der Waals surface area contributed by atoms with Crippen LogP contribution >= 0.6 is 11.6 Å². The molecular weight excluding hydrogens is 234 g/mol. The molecule has 17 heavy (non-hydrogen) atoms. The number of benzene rings is 2. The first-order chi connectivity index (χ1) is 8.25. The lowest BCUT2D eigenvalue weighted by molar-refractivity contribution is 0.440. The lowest BCUT2D eigenvalue weighted by atomic mass is 10.1. The van der Waals surface area contributed by atoms with Crippen molar-refractivity contribution in [1.82, 2.24) is 5.16 Å². The van der Waals surface area contributed by atoms with Crippen LogP contribution in [0.25, 0.3) is 22.2 Å². The van der Waals surface area contributed by atoms with Gasteiger partial charge in [-0.15, -0.1) is 0 Å². The average Bonchev–Trinajstić information content (AvgIpc) is 2.74. The van der Waals surface area contributed by atoms with Gasteiger partial charge in [-0.05, 0) is 24.6 Å². The first kappa shape index (κ1) is 10.4. The van der Waals surface area contributed by atoms with Crippen LogP contribution in [0.15, 0.2) is 47.0 Å². The van der Waals surface area contributed by atoms with E-state index in [0.717, 1.165) is 27.8 Å². The van der Waals surface area contributed by atoms with Gasteiger partial charge in [-0.2, -0.15) is 0 Å². The summed E-state index contributed by atoms with van der Waals surface area (Å²) >= 11 is 6.07. The summed E-state index contributed by atoms with van der Waals surface area (Å²) in [4.78, 5) is 0. The molecule has 1 aromatic heterocycles. The smallest absolute Gasteiger partial charge is 0.174 e.